The lowest BCUT2D eigenvalue weighted by atomic mass is 9.72. The standard InChI is InChI=1S/C7H6BF.C7H13B.C7H7B.C6H12BN.C6H6BN.C5H5BN2/c1-5-2-3-6(8)4-7(5)9;2*1-6-2-4-7(8)5-3-6;1-8-4-2-6(7)3-5-8;1-5-2-3-6(7)4-8-5;1-4-7-2-5(6)3-8-4/h2-4H,1H3;6-7H,2-5H2,1H3;2-5H,1H3;6H,2-5H2,1H3;2-4H,1H3;2-3H,1H3. The van der Waals surface area contributed by atoms with E-state index in [1.54, 1.807) is 37.6 Å². The Morgan fingerprint density at radius 3 is 1.49 bits per heavy atom. The van der Waals surface area contributed by atoms with Crippen molar-refractivity contribution in [2.75, 3.05) is 20.1 Å². The molecule has 0 unspecified atom stereocenters. The first-order valence-corrected chi connectivity index (χ1v) is 16.9. The van der Waals surface area contributed by atoms with Crippen LogP contribution in [0, 0.1) is 39.4 Å². The molecule has 11 heteroatoms. The molecule has 49 heavy (non-hydrogen) atoms. The van der Waals surface area contributed by atoms with Gasteiger partial charge in [0.05, 0.1) is 15.7 Å². The molecule has 246 valence electrons. The summed E-state index contributed by atoms with van der Waals surface area (Å²) in [6.07, 6.45) is 12.4. The third kappa shape index (κ3) is 23.1. The summed E-state index contributed by atoms with van der Waals surface area (Å²) >= 11 is 0. The number of halogens is 1. The van der Waals surface area contributed by atoms with Crippen LogP contribution < -0.4 is 21.9 Å². The average Bonchev–Trinajstić information content (AvgIpc) is 3.08. The van der Waals surface area contributed by atoms with Crippen LogP contribution in [0.15, 0.2) is 73.2 Å². The van der Waals surface area contributed by atoms with Crippen molar-refractivity contribution < 1.29 is 4.39 Å². The first-order valence-electron chi connectivity index (χ1n) is 16.9. The van der Waals surface area contributed by atoms with Gasteiger partial charge in [0.2, 0.25) is 0 Å². The van der Waals surface area contributed by atoms with Crippen molar-refractivity contribution in [2.24, 2.45) is 5.92 Å². The van der Waals surface area contributed by atoms with Crippen LogP contribution in [0.25, 0.3) is 0 Å². The Morgan fingerprint density at radius 1 is 0.612 bits per heavy atom. The molecule has 1 saturated carbocycles. The van der Waals surface area contributed by atoms with E-state index in [9.17, 15) is 4.39 Å². The van der Waals surface area contributed by atoms with Gasteiger partial charge in [0.1, 0.15) is 43.0 Å². The molecule has 1 aliphatic heterocycles. The van der Waals surface area contributed by atoms with Crippen LogP contribution in [-0.2, 0) is 0 Å². The Kier molecular flexibility index (Phi) is 22.4. The molecule has 3 heterocycles. The Morgan fingerprint density at radius 2 is 1.10 bits per heavy atom. The molecule has 2 aromatic heterocycles. The lowest BCUT2D eigenvalue weighted by Gasteiger charge is -2.26. The molecule has 0 atom stereocenters. The number of pyridine rings is 1. The molecule has 0 spiro atoms. The minimum absolute atomic E-state index is 0.241. The molecule has 0 amide bonds. The number of aryl methyl sites for hydroxylation is 4. The number of rotatable bonds is 0. The van der Waals surface area contributed by atoms with Crippen molar-refractivity contribution in [1.29, 1.82) is 0 Å². The van der Waals surface area contributed by atoms with Gasteiger partial charge >= 0.3 is 0 Å². The summed E-state index contributed by atoms with van der Waals surface area (Å²) in [6.45, 7) is 12.2. The Bertz CT molecular complexity index is 1200. The predicted octanol–water partition coefficient (Wildman–Crippen LogP) is 4.30. The molecule has 1 aliphatic carbocycles. The molecule has 4 nitrogen and oxygen atoms in total. The van der Waals surface area contributed by atoms with Gasteiger partial charge in [0.15, 0.2) is 0 Å². The van der Waals surface area contributed by atoms with Gasteiger partial charge in [-0.05, 0) is 84.3 Å². The van der Waals surface area contributed by atoms with E-state index >= 15 is 0 Å². The molecule has 2 aromatic carbocycles. The van der Waals surface area contributed by atoms with Crippen molar-refractivity contribution in [3.8, 4) is 0 Å². The molecule has 4 aromatic rings. The van der Waals surface area contributed by atoms with Gasteiger partial charge in [-0.1, -0.05) is 114 Å². The van der Waals surface area contributed by atoms with Gasteiger partial charge in [-0.3, -0.25) is 4.98 Å². The minimum atomic E-state index is -0.241. The monoisotopic (exact) mass is 646 g/mol. The number of nitrogens with zero attached hydrogens (tertiary/aromatic N) is 4. The third-order valence-electron chi connectivity index (χ3n) is 7.83. The van der Waals surface area contributed by atoms with Crippen molar-refractivity contribution in [3.05, 3.63) is 102 Å². The summed E-state index contributed by atoms with van der Waals surface area (Å²) in [5.74, 6) is 2.45. The number of piperidine rings is 1. The Balaban J connectivity index is 0.000000294. The highest BCUT2D eigenvalue weighted by atomic mass is 19.1. The molecule has 0 N–H and O–H groups in total. The fourth-order valence-corrected chi connectivity index (χ4v) is 4.37. The molecule has 12 radical (unpaired) electrons. The molecule has 2 fully saturated rings. The van der Waals surface area contributed by atoms with Crippen LogP contribution >= 0.6 is 0 Å². The molecular formula is C38H49B6FN4. The van der Waals surface area contributed by atoms with Crippen LogP contribution in [0.5, 0.6) is 0 Å². The highest BCUT2D eigenvalue weighted by Crippen LogP contribution is 2.29. The highest BCUT2D eigenvalue weighted by Gasteiger charge is 2.13. The third-order valence-corrected chi connectivity index (χ3v) is 7.83. The van der Waals surface area contributed by atoms with Gasteiger partial charge in [-0.15, -0.1) is 0 Å². The van der Waals surface area contributed by atoms with Gasteiger partial charge in [-0.25, -0.2) is 14.4 Å². The lowest BCUT2D eigenvalue weighted by Crippen LogP contribution is -2.27. The summed E-state index contributed by atoms with van der Waals surface area (Å²) in [5, 5.41) is 0. The van der Waals surface area contributed by atoms with Gasteiger partial charge in [-0.2, -0.15) is 0 Å². The fraction of sp³-hybridized carbons (Fsp3) is 0.447. The first-order chi connectivity index (χ1) is 23.1. The zero-order valence-electron chi connectivity index (χ0n) is 30.4. The maximum Gasteiger partial charge on any atom is 0.125 e. The molecular weight excluding hydrogens is 596 g/mol. The van der Waals surface area contributed by atoms with E-state index in [2.05, 4.69) is 33.8 Å². The number of aromatic nitrogens is 3. The van der Waals surface area contributed by atoms with E-state index in [1.165, 1.54) is 63.2 Å². The first kappa shape index (κ1) is 44.0. The van der Waals surface area contributed by atoms with E-state index < -0.39 is 0 Å². The maximum absolute atomic E-state index is 12.5. The largest absolute Gasteiger partial charge is 0.306 e. The van der Waals surface area contributed by atoms with Crippen molar-refractivity contribution in [1.82, 2.24) is 19.9 Å². The van der Waals surface area contributed by atoms with Crippen LogP contribution in [0.3, 0.4) is 0 Å². The predicted molar refractivity (Wildman–Crippen MR) is 213 cm³/mol. The Labute approximate surface area is 304 Å². The van der Waals surface area contributed by atoms with Crippen LogP contribution in [-0.4, -0.2) is 87.1 Å². The SMILES string of the molecule is [B]C1CCC(C)CC1.[B]C1CCN(C)CC1.[B]c1ccc(C)c(F)c1.[B]c1ccc(C)cc1.[B]c1ccc(C)nc1.[B]c1cnc(C)nc1. The summed E-state index contributed by atoms with van der Waals surface area (Å²) in [4.78, 5) is 14.0. The van der Waals surface area contributed by atoms with E-state index in [-0.39, 0.29) is 5.82 Å². The summed E-state index contributed by atoms with van der Waals surface area (Å²) in [6, 6.07) is 16.2. The highest BCUT2D eigenvalue weighted by molar-refractivity contribution is 6.33. The average molecular weight is 646 g/mol. The maximum atomic E-state index is 12.5. The number of benzene rings is 2. The van der Waals surface area contributed by atoms with E-state index in [1.807, 2.05) is 57.2 Å². The summed E-state index contributed by atoms with van der Waals surface area (Å²) in [7, 11) is 34.9. The number of likely N-dealkylation sites (tertiary alicyclic amines) is 1. The van der Waals surface area contributed by atoms with Gasteiger partial charge in [0.25, 0.3) is 0 Å². The smallest absolute Gasteiger partial charge is 0.125 e. The summed E-state index contributed by atoms with van der Waals surface area (Å²) < 4.78 is 12.5. The van der Waals surface area contributed by atoms with Crippen molar-refractivity contribution >= 4 is 68.9 Å². The van der Waals surface area contributed by atoms with Crippen LogP contribution in [0.1, 0.15) is 68.1 Å². The molecule has 6 rings (SSSR count). The Hall–Kier alpha value is -3.05. The van der Waals surface area contributed by atoms with Gasteiger partial charge in [0, 0.05) is 24.3 Å². The lowest BCUT2D eigenvalue weighted by molar-refractivity contribution is 0.277. The van der Waals surface area contributed by atoms with Crippen LogP contribution in [0.2, 0.25) is 11.6 Å². The fourth-order valence-electron chi connectivity index (χ4n) is 4.37. The zero-order chi connectivity index (χ0) is 36.8. The topological polar surface area (TPSA) is 41.9 Å². The molecule has 2 aliphatic rings. The van der Waals surface area contributed by atoms with Crippen LogP contribution in [0.4, 0.5) is 4.39 Å². The molecule has 1 saturated heterocycles. The number of hydrogen-bond donors (Lipinski definition) is 0. The normalized spacial score (nSPS) is 17.0. The molecule has 0 bridgehead atoms. The second-order valence-corrected chi connectivity index (χ2v) is 12.9. The van der Waals surface area contributed by atoms with Crippen molar-refractivity contribution in [2.45, 2.75) is 84.8 Å². The van der Waals surface area contributed by atoms with E-state index in [0.29, 0.717) is 28.1 Å². The van der Waals surface area contributed by atoms with Crippen molar-refractivity contribution in [3.63, 3.8) is 0 Å². The van der Waals surface area contributed by atoms with Gasteiger partial charge < -0.3 is 4.90 Å². The minimum Gasteiger partial charge on any atom is -0.306 e. The van der Waals surface area contributed by atoms with E-state index in [0.717, 1.165) is 28.4 Å². The zero-order valence-corrected chi connectivity index (χ0v) is 30.4. The second kappa shape index (κ2) is 25.0. The quantitative estimate of drug-likeness (QED) is 0.268. The number of hydrogen-bond acceptors (Lipinski definition) is 4. The van der Waals surface area contributed by atoms with E-state index in [4.69, 9.17) is 47.1 Å². The summed E-state index contributed by atoms with van der Waals surface area (Å²) in [5.41, 5.74) is 5.50. The second-order valence-electron chi connectivity index (χ2n) is 12.9.